The first-order valence-electron chi connectivity index (χ1n) is 23.6. The van der Waals surface area contributed by atoms with Gasteiger partial charge in [-0.05, 0) is 69.8 Å². The van der Waals surface area contributed by atoms with Crippen LogP contribution in [0.4, 0.5) is 0 Å². The van der Waals surface area contributed by atoms with E-state index in [2.05, 4.69) is 170 Å². The summed E-state index contributed by atoms with van der Waals surface area (Å²) < 4.78 is 2.32. The van der Waals surface area contributed by atoms with E-state index in [4.69, 9.17) is 29.9 Å². The van der Waals surface area contributed by atoms with E-state index in [9.17, 15) is 0 Å². The molecule has 330 valence electrons. The lowest BCUT2D eigenvalue weighted by molar-refractivity contribution is 0.660. The molecule has 0 saturated carbocycles. The molecule has 13 rings (SSSR count). The average molecular weight is 898 g/mol. The van der Waals surface area contributed by atoms with Crippen molar-refractivity contribution in [3.63, 3.8) is 0 Å². The maximum atomic E-state index is 5.39. The van der Waals surface area contributed by atoms with E-state index in [0.29, 0.717) is 34.9 Å². The van der Waals surface area contributed by atoms with Crippen LogP contribution in [0.2, 0.25) is 0 Å². The van der Waals surface area contributed by atoms with Crippen molar-refractivity contribution in [1.82, 2.24) is 34.5 Å². The maximum Gasteiger partial charge on any atom is 0.166 e. The molecule has 0 atom stereocenters. The summed E-state index contributed by atoms with van der Waals surface area (Å²) in [6, 6.07) is 77.9. The van der Waals surface area contributed by atoms with Gasteiger partial charge in [-0.3, -0.25) is 0 Å². The van der Waals surface area contributed by atoms with Crippen LogP contribution in [0, 0.1) is 0 Å². The summed E-state index contributed by atoms with van der Waals surface area (Å²) in [4.78, 5) is 31.8. The molecule has 9 aromatic carbocycles. The van der Waals surface area contributed by atoms with E-state index in [1.165, 1.54) is 22.3 Å². The molecule has 0 spiro atoms. The number of hydrogen-bond donors (Lipinski definition) is 0. The molecule has 0 fully saturated rings. The van der Waals surface area contributed by atoms with Crippen molar-refractivity contribution in [2.75, 3.05) is 0 Å². The second kappa shape index (κ2) is 16.5. The molecule has 0 radical (unpaired) electrons. The minimum absolute atomic E-state index is 0.140. The molecule has 70 heavy (non-hydrogen) atoms. The van der Waals surface area contributed by atoms with Crippen LogP contribution in [0.1, 0.15) is 25.0 Å². The number of nitrogens with zero attached hydrogens (tertiary/aromatic N) is 7. The predicted octanol–water partition coefficient (Wildman–Crippen LogP) is 15.1. The monoisotopic (exact) mass is 897 g/mol. The highest BCUT2D eigenvalue weighted by Crippen LogP contribution is 2.49. The van der Waals surface area contributed by atoms with Crippen LogP contribution in [0.25, 0.3) is 118 Å². The Labute approximate surface area is 405 Å². The highest BCUT2D eigenvalue weighted by molar-refractivity contribution is 6.09. The van der Waals surface area contributed by atoms with Gasteiger partial charge in [0.2, 0.25) is 0 Å². The summed E-state index contributed by atoms with van der Waals surface area (Å²) in [5.41, 5.74) is 15.2. The molecule has 3 heterocycles. The van der Waals surface area contributed by atoms with Gasteiger partial charge in [0.05, 0.1) is 16.7 Å². The van der Waals surface area contributed by atoms with E-state index in [1.807, 2.05) is 72.8 Å². The standard InChI is InChI=1S/C63H43N7/c1-63(2)52-31-17-14-27-46(52)50-38-43(34-36-53(50)63)59-65-60(69-61(68-59)49-30-13-12-26-45(49)40-20-6-3-7-21-40)44-35-37-56(70-54-32-18-15-28-47(54)48-29-16-19-33-55(48)70)51(39-44)62-66-57(41-22-8-4-9-23-41)64-58(67-62)42-24-10-5-11-25-42/h3-39H,1-2H3. The van der Waals surface area contributed by atoms with Gasteiger partial charge in [0, 0.05) is 49.6 Å². The zero-order valence-electron chi connectivity index (χ0n) is 38.5. The van der Waals surface area contributed by atoms with E-state index >= 15 is 0 Å². The first-order chi connectivity index (χ1) is 34.5. The molecule has 7 heteroatoms. The van der Waals surface area contributed by atoms with Crippen LogP contribution < -0.4 is 0 Å². The fourth-order valence-corrected chi connectivity index (χ4v) is 10.3. The Morgan fingerprint density at radius 2 is 0.686 bits per heavy atom. The molecular weight excluding hydrogens is 855 g/mol. The third kappa shape index (κ3) is 6.89. The zero-order valence-corrected chi connectivity index (χ0v) is 38.5. The lowest BCUT2D eigenvalue weighted by Crippen LogP contribution is -2.14. The van der Waals surface area contributed by atoms with Gasteiger partial charge in [-0.15, -0.1) is 0 Å². The second-order valence-corrected chi connectivity index (χ2v) is 18.3. The largest absolute Gasteiger partial charge is 0.309 e. The topological polar surface area (TPSA) is 82.3 Å². The smallest absolute Gasteiger partial charge is 0.166 e. The van der Waals surface area contributed by atoms with Gasteiger partial charge < -0.3 is 4.57 Å². The highest BCUT2D eigenvalue weighted by atomic mass is 15.1. The van der Waals surface area contributed by atoms with Crippen LogP contribution in [0.15, 0.2) is 224 Å². The first kappa shape index (κ1) is 41.0. The van der Waals surface area contributed by atoms with Crippen molar-refractivity contribution in [2.24, 2.45) is 0 Å². The number of fused-ring (bicyclic) bond motifs is 6. The minimum atomic E-state index is -0.140. The quantitative estimate of drug-likeness (QED) is 0.151. The second-order valence-electron chi connectivity index (χ2n) is 18.3. The van der Waals surface area contributed by atoms with Gasteiger partial charge in [-0.1, -0.05) is 202 Å². The molecule has 1 aliphatic rings. The first-order valence-corrected chi connectivity index (χ1v) is 23.6. The molecular formula is C63H43N7. The van der Waals surface area contributed by atoms with Crippen molar-refractivity contribution in [3.8, 4) is 96.3 Å². The van der Waals surface area contributed by atoms with Crippen LogP contribution in [0.3, 0.4) is 0 Å². The van der Waals surface area contributed by atoms with Crippen LogP contribution in [0.5, 0.6) is 0 Å². The fraction of sp³-hybridized carbons (Fsp3) is 0.0476. The van der Waals surface area contributed by atoms with Gasteiger partial charge >= 0.3 is 0 Å². The minimum Gasteiger partial charge on any atom is -0.309 e. The summed E-state index contributed by atoms with van der Waals surface area (Å²) in [7, 11) is 0. The number of benzene rings is 9. The van der Waals surface area contributed by atoms with E-state index in [0.717, 1.165) is 72.0 Å². The Morgan fingerprint density at radius 1 is 0.286 bits per heavy atom. The Hall–Kier alpha value is -9.20. The van der Waals surface area contributed by atoms with Gasteiger partial charge in [0.15, 0.2) is 34.9 Å². The lowest BCUT2D eigenvalue weighted by atomic mass is 9.82. The van der Waals surface area contributed by atoms with Gasteiger partial charge in [-0.25, -0.2) is 29.9 Å². The summed E-state index contributed by atoms with van der Waals surface area (Å²) in [5, 5.41) is 2.31. The molecule has 0 N–H and O–H groups in total. The normalized spacial score (nSPS) is 12.5. The molecule has 0 saturated heterocycles. The molecule has 1 aliphatic carbocycles. The van der Waals surface area contributed by atoms with Crippen LogP contribution in [-0.2, 0) is 5.41 Å². The zero-order chi connectivity index (χ0) is 46.8. The summed E-state index contributed by atoms with van der Waals surface area (Å²) in [5.74, 6) is 3.36. The summed E-state index contributed by atoms with van der Waals surface area (Å²) >= 11 is 0. The molecule has 0 amide bonds. The maximum absolute atomic E-state index is 5.39. The number of aromatic nitrogens is 7. The van der Waals surface area contributed by atoms with Gasteiger partial charge in [-0.2, -0.15) is 0 Å². The fourth-order valence-electron chi connectivity index (χ4n) is 10.3. The molecule has 0 aliphatic heterocycles. The highest BCUT2D eigenvalue weighted by Gasteiger charge is 2.35. The van der Waals surface area contributed by atoms with Crippen LogP contribution >= 0.6 is 0 Å². The van der Waals surface area contributed by atoms with Crippen molar-refractivity contribution in [1.29, 1.82) is 0 Å². The average Bonchev–Trinajstić information content (AvgIpc) is 3.89. The predicted molar refractivity (Wildman–Crippen MR) is 283 cm³/mol. The lowest BCUT2D eigenvalue weighted by Gasteiger charge is -2.21. The van der Waals surface area contributed by atoms with Crippen molar-refractivity contribution in [3.05, 3.63) is 236 Å². The van der Waals surface area contributed by atoms with Crippen molar-refractivity contribution < 1.29 is 0 Å². The third-order valence-electron chi connectivity index (χ3n) is 13.7. The van der Waals surface area contributed by atoms with E-state index < -0.39 is 0 Å². The molecule has 12 aromatic rings. The van der Waals surface area contributed by atoms with E-state index in [1.54, 1.807) is 0 Å². The number of hydrogen-bond acceptors (Lipinski definition) is 6. The molecule has 0 unspecified atom stereocenters. The summed E-state index contributed by atoms with van der Waals surface area (Å²) in [6.07, 6.45) is 0. The Kier molecular flexibility index (Phi) is 9.69. The number of rotatable bonds is 8. The molecule has 0 bridgehead atoms. The number of para-hydroxylation sites is 2. The molecule has 7 nitrogen and oxygen atoms in total. The molecule has 3 aromatic heterocycles. The van der Waals surface area contributed by atoms with Gasteiger partial charge in [0.1, 0.15) is 0 Å². The van der Waals surface area contributed by atoms with Crippen LogP contribution in [-0.4, -0.2) is 34.5 Å². The van der Waals surface area contributed by atoms with E-state index in [-0.39, 0.29) is 5.41 Å². The van der Waals surface area contributed by atoms with Gasteiger partial charge in [0.25, 0.3) is 0 Å². The van der Waals surface area contributed by atoms with Crippen molar-refractivity contribution in [2.45, 2.75) is 19.3 Å². The Balaban J connectivity index is 1.08. The Bertz CT molecular complexity index is 3860. The summed E-state index contributed by atoms with van der Waals surface area (Å²) in [6.45, 7) is 4.60. The SMILES string of the molecule is CC1(C)c2ccccc2-c2cc(-c3nc(-c4ccc(-n5c6ccccc6c6ccccc65)c(-c5nc(-c6ccccc6)nc(-c6ccccc6)n5)c4)nc(-c4ccccc4-c4ccccc4)n3)ccc21. The van der Waals surface area contributed by atoms with Crippen molar-refractivity contribution >= 4 is 21.8 Å². The third-order valence-corrected chi connectivity index (χ3v) is 13.7. The Morgan fingerprint density at radius 3 is 1.27 bits per heavy atom.